The largest absolute Gasteiger partial charge is 0.385 e. The van der Waals surface area contributed by atoms with Crippen molar-refractivity contribution in [3.63, 3.8) is 0 Å². The zero-order chi connectivity index (χ0) is 14.8. The van der Waals surface area contributed by atoms with Crippen molar-refractivity contribution >= 4 is 16.9 Å². The maximum absolute atomic E-state index is 12.4. The van der Waals surface area contributed by atoms with Crippen LogP contribution in [0.5, 0.6) is 0 Å². The fraction of sp³-hybridized carbons (Fsp3) is 0.467. The maximum Gasteiger partial charge on any atom is 0.242 e. The first kappa shape index (κ1) is 14.0. The lowest BCUT2D eigenvalue weighted by Crippen LogP contribution is -2.42. The number of benzene rings is 1. The van der Waals surface area contributed by atoms with Gasteiger partial charge >= 0.3 is 0 Å². The van der Waals surface area contributed by atoms with Crippen molar-refractivity contribution in [2.45, 2.75) is 19.6 Å². The molecule has 1 aliphatic rings. The minimum Gasteiger partial charge on any atom is -0.385 e. The van der Waals surface area contributed by atoms with Gasteiger partial charge < -0.3 is 19.3 Å². The fourth-order valence-electron chi connectivity index (χ4n) is 2.63. The van der Waals surface area contributed by atoms with E-state index in [9.17, 15) is 9.90 Å². The minimum absolute atomic E-state index is 0.0309. The molecule has 3 rings (SSSR count). The van der Waals surface area contributed by atoms with Crippen LogP contribution in [0.15, 0.2) is 24.3 Å². The van der Waals surface area contributed by atoms with Crippen molar-refractivity contribution in [3.05, 3.63) is 30.1 Å². The second kappa shape index (κ2) is 5.83. The molecule has 112 valence electrons. The summed E-state index contributed by atoms with van der Waals surface area (Å²) < 4.78 is 7.07. The summed E-state index contributed by atoms with van der Waals surface area (Å²) >= 11 is 0. The quantitative estimate of drug-likeness (QED) is 0.913. The Morgan fingerprint density at radius 1 is 1.38 bits per heavy atom. The number of para-hydroxylation sites is 2. The van der Waals surface area contributed by atoms with Crippen LogP contribution in [0.25, 0.3) is 11.0 Å². The highest BCUT2D eigenvalue weighted by atomic mass is 16.5. The second-order valence-electron chi connectivity index (χ2n) is 5.21. The van der Waals surface area contributed by atoms with Gasteiger partial charge in [0.2, 0.25) is 5.91 Å². The molecule has 1 aromatic carbocycles. The highest BCUT2D eigenvalue weighted by Crippen LogP contribution is 2.20. The molecule has 21 heavy (non-hydrogen) atoms. The lowest BCUT2D eigenvalue weighted by Gasteiger charge is -2.27. The highest BCUT2D eigenvalue weighted by Gasteiger charge is 2.21. The number of aliphatic hydroxyl groups is 1. The summed E-state index contributed by atoms with van der Waals surface area (Å²) in [4.78, 5) is 18.6. The molecular formula is C15H19N3O3. The highest BCUT2D eigenvalue weighted by molar-refractivity contribution is 5.81. The first-order valence-corrected chi connectivity index (χ1v) is 7.15. The SMILES string of the molecule is CC(O)c1nc2ccccc2n1CC(=O)N1CCOCC1. The molecule has 1 aliphatic heterocycles. The Labute approximate surface area is 122 Å². The first-order chi connectivity index (χ1) is 10.2. The van der Waals surface area contributed by atoms with Crippen LogP contribution in [0.1, 0.15) is 18.9 Å². The van der Waals surface area contributed by atoms with Gasteiger partial charge in [-0.05, 0) is 19.1 Å². The van der Waals surface area contributed by atoms with Crippen molar-refractivity contribution in [1.29, 1.82) is 0 Å². The van der Waals surface area contributed by atoms with Crippen molar-refractivity contribution in [1.82, 2.24) is 14.5 Å². The summed E-state index contributed by atoms with van der Waals surface area (Å²) in [6, 6.07) is 7.61. The van der Waals surface area contributed by atoms with Crippen LogP contribution >= 0.6 is 0 Å². The summed E-state index contributed by atoms with van der Waals surface area (Å²) in [7, 11) is 0. The number of rotatable bonds is 3. The molecule has 1 amide bonds. The van der Waals surface area contributed by atoms with Gasteiger partial charge in [0.15, 0.2) is 0 Å². The van der Waals surface area contributed by atoms with Crippen LogP contribution in [0.3, 0.4) is 0 Å². The van der Waals surface area contributed by atoms with Crippen molar-refractivity contribution < 1.29 is 14.6 Å². The Morgan fingerprint density at radius 2 is 2.10 bits per heavy atom. The molecule has 0 aliphatic carbocycles. The average Bonchev–Trinajstić information content (AvgIpc) is 2.87. The molecule has 1 N–H and O–H groups in total. The number of fused-ring (bicyclic) bond motifs is 1. The first-order valence-electron chi connectivity index (χ1n) is 7.15. The van der Waals surface area contributed by atoms with Crippen LogP contribution in [0.4, 0.5) is 0 Å². The zero-order valence-corrected chi connectivity index (χ0v) is 12.0. The number of hydrogen-bond acceptors (Lipinski definition) is 4. The fourth-order valence-corrected chi connectivity index (χ4v) is 2.63. The smallest absolute Gasteiger partial charge is 0.242 e. The van der Waals surface area contributed by atoms with Gasteiger partial charge in [0.05, 0.1) is 24.2 Å². The van der Waals surface area contributed by atoms with Gasteiger partial charge in [-0.2, -0.15) is 0 Å². The molecule has 6 heteroatoms. The van der Waals surface area contributed by atoms with E-state index in [0.29, 0.717) is 32.1 Å². The summed E-state index contributed by atoms with van der Waals surface area (Å²) in [6.07, 6.45) is -0.713. The van der Waals surface area contributed by atoms with Gasteiger partial charge in [-0.15, -0.1) is 0 Å². The Balaban J connectivity index is 1.91. The number of aromatic nitrogens is 2. The zero-order valence-electron chi connectivity index (χ0n) is 12.0. The summed E-state index contributed by atoms with van der Waals surface area (Å²) in [5.74, 6) is 0.557. The van der Waals surface area contributed by atoms with E-state index in [4.69, 9.17) is 4.74 Å². The molecule has 1 unspecified atom stereocenters. The Hall–Kier alpha value is -1.92. The van der Waals surface area contributed by atoms with Crippen LogP contribution in [0, 0.1) is 0 Å². The van der Waals surface area contributed by atoms with E-state index in [2.05, 4.69) is 4.98 Å². The molecule has 1 aromatic heterocycles. The number of morpholine rings is 1. The number of hydrogen-bond donors (Lipinski definition) is 1. The van der Waals surface area contributed by atoms with Crippen LogP contribution in [-0.2, 0) is 16.1 Å². The Bertz CT molecular complexity index is 645. The van der Waals surface area contributed by atoms with E-state index in [1.54, 1.807) is 16.4 Å². The number of nitrogens with zero attached hydrogens (tertiary/aromatic N) is 3. The number of aliphatic hydroxyl groups excluding tert-OH is 1. The molecule has 6 nitrogen and oxygen atoms in total. The molecule has 2 heterocycles. The van der Waals surface area contributed by atoms with Crippen LogP contribution in [0.2, 0.25) is 0 Å². The third-order valence-electron chi connectivity index (χ3n) is 3.71. The third kappa shape index (κ3) is 2.77. The maximum atomic E-state index is 12.4. The number of carbonyl (C=O) groups is 1. The van der Waals surface area contributed by atoms with Gasteiger partial charge in [0.1, 0.15) is 18.5 Å². The molecule has 0 spiro atoms. The van der Waals surface area contributed by atoms with E-state index < -0.39 is 6.10 Å². The standard InChI is InChI=1S/C15H19N3O3/c1-11(19)15-16-12-4-2-3-5-13(12)18(15)10-14(20)17-6-8-21-9-7-17/h2-5,11,19H,6-10H2,1H3. The topological polar surface area (TPSA) is 67.6 Å². The molecular weight excluding hydrogens is 270 g/mol. The predicted molar refractivity (Wildman–Crippen MR) is 77.8 cm³/mol. The van der Waals surface area contributed by atoms with E-state index >= 15 is 0 Å². The van der Waals surface area contributed by atoms with Gasteiger partial charge in [0, 0.05) is 13.1 Å². The summed E-state index contributed by atoms with van der Waals surface area (Å²) in [6.45, 7) is 4.27. The second-order valence-corrected chi connectivity index (χ2v) is 5.21. The molecule has 1 saturated heterocycles. The average molecular weight is 289 g/mol. The molecule has 0 radical (unpaired) electrons. The Kier molecular flexibility index (Phi) is 3.90. The predicted octanol–water partition coefficient (Wildman–Crippen LogP) is 0.948. The van der Waals surface area contributed by atoms with Crippen LogP contribution < -0.4 is 0 Å². The Morgan fingerprint density at radius 3 is 2.81 bits per heavy atom. The minimum atomic E-state index is -0.713. The van der Waals surface area contributed by atoms with Crippen LogP contribution in [-0.4, -0.2) is 51.8 Å². The van der Waals surface area contributed by atoms with Crippen molar-refractivity contribution in [2.24, 2.45) is 0 Å². The molecule has 2 aromatic rings. The molecule has 0 saturated carbocycles. The van der Waals surface area contributed by atoms with Crippen molar-refractivity contribution in [2.75, 3.05) is 26.3 Å². The molecule has 1 atom stereocenters. The molecule has 1 fully saturated rings. The number of amides is 1. The third-order valence-corrected chi connectivity index (χ3v) is 3.71. The van der Waals surface area contributed by atoms with E-state index in [0.717, 1.165) is 11.0 Å². The van der Waals surface area contributed by atoms with Gasteiger partial charge in [0.25, 0.3) is 0 Å². The monoisotopic (exact) mass is 289 g/mol. The molecule has 0 bridgehead atoms. The van der Waals surface area contributed by atoms with E-state index in [1.807, 2.05) is 24.3 Å². The van der Waals surface area contributed by atoms with Gasteiger partial charge in [-0.3, -0.25) is 4.79 Å². The lowest BCUT2D eigenvalue weighted by molar-refractivity contribution is -0.135. The van der Waals surface area contributed by atoms with E-state index in [-0.39, 0.29) is 12.5 Å². The summed E-state index contributed by atoms with van der Waals surface area (Å²) in [5.41, 5.74) is 1.66. The number of imidazole rings is 1. The van der Waals surface area contributed by atoms with E-state index in [1.165, 1.54) is 0 Å². The lowest BCUT2D eigenvalue weighted by atomic mass is 10.3. The van der Waals surface area contributed by atoms with Gasteiger partial charge in [-0.1, -0.05) is 12.1 Å². The normalized spacial score (nSPS) is 17.1. The summed E-state index contributed by atoms with van der Waals surface area (Å²) in [5, 5.41) is 9.90. The van der Waals surface area contributed by atoms with Crippen molar-refractivity contribution in [3.8, 4) is 0 Å². The number of ether oxygens (including phenoxy) is 1. The van der Waals surface area contributed by atoms with Gasteiger partial charge in [-0.25, -0.2) is 4.98 Å². The number of carbonyl (C=O) groups excluding carboxylic acids is 1.